The van der Waals surface area contributed by atoms with Crippen molar-refractivity contribution >= 4 is 11.6 Å². The van der Waals surface area contributed by atoms with Crippen LogP contribution in [0.25, 0.3) is 0 Å². The van der Waals surface area contributed by atoms with Crippen LogP contribution >= 0.6 is 0 Å². The summed E-state index contributed by atoms with van der Waals surface area (Å²) in [6.07, 6.45) is 3.56. The molecule has 0 amide bonds. The summed E-state index contributed by atoms with van der Waals surface area (Å²) in [5.41, 5.74) is 0. The number of carbonyl (C=O) groups excluding carboxylic acids is 2. The molecule has 3 fully saturated rings. The Hall–Kier alpha value is -0.820. The van der Waals surface area contributed by atoms with Crippen molar-refractivity contribution in [2.45, 2.75) is 72.2 Å². The Bertz CT molecular complexity index is 449. The molecule has 1 unspecified atom stereocenters. The Labute approximate surface area is 165 Å². The number of likely N-dealkylation sites (N-methyl/N-ethyl adjacent to an activating group) is 2. The van der Waals surface area contributed by atoms with E-state index in [1.54, 1.807) is 13.8 Å². The normalized spacial score (nSPS) is 26.6. The van der Waals surface area contributed by atoms with Crippen molar-refractivity contribution < 1.29 is 19.1 Å². The summed E-state index contributed by atoms with van der Waals surface area (Å²) >= 11 is 0. The van der Waals surface area contributed by atoms with Crippen LogP contribution < -0.4 is 0 Å². The Kier molecular flexibility index (Phi) is 10.7. The highest BCUT2D eigenvalue weighted by Crippen LogP contribution is 2.22. The van der Waals surface area contributed by atoms with E-state index in [2.05, 4.69) is 30.7 Å². The number of hydrogen-bond donors (Lipinski definition) is 0. The fourth-order valence-corrected chi connectivity index (χ4v) is 3.14. The molecule has 1 aliphatic carbocycles. The van der Waals surface area contributed by atoms with E-state index in [1.165, 1.54) is 39.6 Å². The van der Waals surface area contributed by atoms with Gasteiger partial charge >= 0.3 is 0 Å². The van der Waals surface area contributed by atoms with E-state index in [1.807, 2.05) is 0 Å². The number of carbonyl (C=O) groups is 2. The van der Waals surface area contributed by atoms with E-state index in [0.717, 1.165) is 31.6 Å². The molecule has 6 heteroatoms. The largest absolute Gasteiger partial charge is 0.347 e. The molecule has 1 atom stereocenters. The van der Waals surface area contributed by atoms with Crippen LogP contribution in [0.3, 0.4) is 0 Å². The molecular weight excluding hydrogens is 344 g/mol. The average molecular weight is 385 g/mol. The maximum absolute atomic E-state index is 10.7. The highest BCUT2D eigenvalue weighted by molar-refractivity contribution is 5.80. The summed E-state index contributed by atoms with van der Waals surface area (Å²) in [6.45, 7) is 16.2. The van der Waals surface area contributed by atoms with Gasteiger partial charge in [0.25, 0.3) is 0 Å². The van der Waals surface area contributed by atoms with Crippen LogP contribution in [-0.4, -0.2) is 79.6 Å². The quantitative estimate of drug-likeness (QED) is 0.730. The van der Waals surface area contributed by atoms with E-state index in [-0.39, 0.29) is 11.9 Å². The van der Waals surface area contributed by atoms with Crippen molar-refractivity contribution in [1.29, 1.82) is 0 Å². The number of Topliss-reactive ketones (excluding diaryl/α,β-unsaturated/α-hetero) is 2. The van der Waals surface area contributed by atoms with Crippen LogP contribution in [0, 0.1) is 5.92 Å². The van der Waals surface area contributed by atoms with Gasteiger partial charge in [0, 0.05) is 39.0 Å². The molecule has 1 saturated carbocycles. The summed E-state index contributed by atoms with van der Waals surface area (Å²) in [4.78, 5) is 26.2. The van der Waals surface area contributed by atoms with Crippen LogP contribution in [0.2, 0.25) is 0 Å². The smallest absolute Gasteiger partial charge is 0.163 e. The van der Waals surface area contributed by atoms with Gasteiger partial charge in [-0.25, -0.2) is 0 Å². The molecule has 0 N–H and O–H groups in total. The van der Waals surface area contributed by atoms with Crippen LogP contribution in [0.15, 0.2) is 0 Å². The molecule has 3 aliphatic rings. The topological polar surface area (TPSA) is 59.1 Å². The lowest BCUT2D eigenvalue weighted by Gasteiger charge is -2.31. The summed E-state index contributed by atoms with van der Waals surface area (Å²) < 4.78 is 10.4. The highest BCUT2D eigenvalue weighted by Gasteiger charge is 2.34. The van der Waals surface area contributed by atoms with Crippen molar-refractivity contribution in [3.05, 3.63) is 0 Å². The van der Waals surface area contributed by atoms with E-state index < -0.39 is 5.79 Å². The van der Waals surface area contributed by atoms with Crippen molar-refractivity contribution in [3.63, 3.8) is 0 Å². The van der Waals surface area contributed by atoms with Crippen molar-refractivity contribution in [3.8, 4) is 0 Å². The van der Waals surface area contributed by atoms with E-state index >= 15 is 0 Å². The van der Waals surface area contributed by atoms with E-state index in [9.17, 15) is 9.59 Å². The summed E-state index contributed by atoms with van der Waals surface area (Å²) in [5, 5.41) is 0. The van der Waals surface area contributed by atoms with Crippen LogP contribution in [-0.2, 0) is 19.1 Å². The zero-order valence-corrected chi connectivity index (χ0v) is 18.3. The monoisotopic (exact) mass is 384 g/mol. The van der Waals surface area contributed by atoms with Gasteiger partial charge in [-0.2, -0.15) is 0 Å². The third-order valence-corrected chi connectivity index (χ3v) is 5.34. The third-order valence-electron chi connectivity index (χ3n) is 5.34. The predicted molar refractivity (Wildman–Crippen MR) is 108 cm³/mol. The molecule has 2 saturated heterocycles. The van der Waals surface area contributed by atoms with Gasteiger partial charge in [0.05, 0.1) is 6.61 Å². The molecule has 0 radical (unpaired) electrons. The lowest BCUT2D eigenvalue weighted by Crippen LogP contribution is -2.44. The third kappa shape index (κ3) is 10.3. The van der Waals surface area contributed by atoms with Gasteiger partial charge in [-0.15, -0.1) is 0 Å². The second-order valence-electron chi connectivity index (χ2n) is 8.39. The summed E-state index contributed by atoms with van der Waals surface area (Å²) in [6, 6.07) is 0. The van der Waals surface area contributed by atoms with Crippen LogP contribution in [0.1, 0.15) is 60.3 Å². The molecule has 2 heterocycles. The Morgan fingerprint density at radius 3 is 2.04 bits per heavy atom. The maximum Gasteiger partial charge on any atom is 0.163 e. The molecule has 2 aliphatic heterocycles. The number of nitrogens with zero attached hydrogens (tertiary/aromatic N) is 2. The van der Waals surface area contributed by atoms with Gasteiger partial charge in [0.2, 0.25) is 0 Å². The number of ether oxygens (including phenoxy) is 2. The van der Waals surface area contributed by atoms with Crippen molar-refractivity contribution in [1.82, 2.24) is 9.80 Å². The molecule has 0 aromatic carbocycles. The van der Waals surface area contributed by atoms with E-state index in [0.29, 0.717) is 12.4 Å². The molecule has 3 rings (SSSR count). The number of ketones is 2. The molecule has 0 bridgehead atoms. The minimum absolute atomic E-state index is 0.0329. The number of piperazine rings is 1. The zero-order valence-electron chi connectivity index (χ0n) is 18.3. The van der Waals surface area contributed by atoms with E-state index in [4.69, 9.17) is 9.47 Å². The Balaban J connectivity index is 0.000000204. The first-order valence-electron chi connectivity index (χ1n) is 10.4. The first kappa shape index (κ1) is 24.2. The summed E-state index contributed by atoms with van der Waals surface area (Å²) in [5.74, 6) is 0.720. The van der Waals surface area contributed by atoms with Crippen LogP contribution in [0.4, 0.5) is 0 Å². The summed E-state index contributed by atoms with van der Waals surface area (Å²) in [7, 11) is 2.19. The molecule has 0 aromatic rings. The molecule has 0 spiro atoms. The van der Waals surface area contributed by atoms with Gasteiger partial charge < -0.3 is 19.3 Å². The van der Waals surface area contributed by atoms with Gasteiger partial charge in [-0.3, -0.25) is 9.59 Å². The van der Waals surface area contributed by atoms with Crippen molar-refractivity contribution in [2.75, 3.05) is 46.4 Å². The number of hydrogen-bond acceptors (Lipinski definition) is 6. The molecule has 0 aromatic heterocycles. The molecule has 6 nitrogen and oxygen atoms in total. The zero-order chi connectivity index (χ0) is 20.4. The first-order valence-corrected chi connectivity index (χ1v) is 10.4. The average Bonchev–Trinajstić information content (AvgIpc) is 3.00. The second kappa shape index (κ2) is 11.9. The van der Waals surface area contributed by atoms with Gasteiger partial charge in [0.1, 0.15) is 11.9 Å². The molecule has 27 heavy (non-hydrogen) atoms. The first-order chi connectivity index (χ1) is 12.6. The minimum Gasteiger partial charge on any atom is -0.347 e. The van der Waals surface area contributed by atoms with Gasteiger partial charge in [-0.1, -0.05) is 13.8 Å². The molecular formula is C21H40N2O4. The van der Waals surface area contributed by atoms with Gasteiger partial charge in [-0.05, 0) is 53.1 Å². The van der Waals surface area contributed by atoms with Crippen molar-refractivity contribution in [2.24, 2.45) is 5.92 Å². The van der Waals surface area contributed by atoms with Gasteiger partial charge in [0.15, 0.2) is 11.6 Å². The fraction of sp³-hybridized carbons (Fsp3) is 0.905. The standard InChI is InChI=1S/C7H16N2.C7H12O3.C7H12O/c1-3-9-6-4-8(2)5-7-9;1-5(8)6-4-9-7(2,3)10-6;1-6-2-4-7(8)5-3-6/h3-7H2,1-2H3;6H,4H2,1-3H3;6H,2-5H2,1H3. The van der Waals surface area contributed by atoms with Crippen LogP contribution in [0.5, 0.6) is 0 Å². The molecule has 158 valence electrons. The maximum atomic E-state index is 10.7. The SMILES string of the molecule is CC(=O)C1COC(C)(C)O1.CC1CCC(=O)CC1.CCN1CCN(C)CC1. The Morgan fingerprint density at radius 1 is 1.15 bits per heavy atom. The Morgan fingerprint density at radius 2 is 1.70 bits per heavy atom. The second-order valence-corrected chi connectivity index (χ2v) is 8.39. The lowest BCUT2D eigenvalue weighted by molar-refractivity contribution is -0.150. The predicted octanol–water partition coefficient (Wildman–Crippen LogP) is 2.75. The minimum atomic E-state index is -0.573. The lowest BCUT2D eigenvalue weighted by atomic mass is 9.90. The number of rotatable bonds is 2. The fourth-order valence-electron chi connectivity index (χ4n) is 3.14. The highest BCUT2D eigenvalue weighted by atomic mass is 16.7.